The molecule has 1 aromatic heterocycles. The highest BCUT2D eigenvalue weighted by atomic mass is 79.9. The van der Waals surface area contributed by atoms with Crippen LogP contribution in [0.25, 0.3) is 0 Å². The summed E-state index contributed by atoms with van der Waals surface area (Å²) in [6.07, 6.45) is 1.83. The second-order valence-electron chi connectivity index (χ2n) is 4.13. The van der Waals surface area contributed by atoms with Gasteiger partial charge in [0.25, 0.3) is 0 Å². The van der Waals surface area contributed by atoms with E-state index in [1.807, 2.05) is 18.3 Å². The van der Waals surface area contributed by atoms with E-state index in [9.17, 15) is 0 Å². The molecule has 0 amide bonds. The van der Waals surface area contributed by atoms with Crippen molar-refractivity contribution in [1.82, 2.24) is 10.3 Å². The summed E-state index contributed by atoms with van der Waals surface area (Å²) >= 11 is 5.28. The fourth-order valence-corrected chi connectivity index (χ4v) is 2.50. The van der Waals surface area contributed by atoms with Crippen molar-refractivity contribution in [3.8, 4) is 0 Å². The van der Waals surface area contributed by atoms with Crippen LogP contribution in [0.4, 0.5) is 0 Å². The summed E-state index contributed by atoms with van der Waals surface area (Å²) in [6.45, 7) is 7.72. The molecule has 0 bridgehead atoms. The van der Waals surface area contributed by atoms with Crippen LogP contribution in [0.15, 0.2) is 27.8 Å². The molecule has 0 radical (unpaired) electrons. The molecule has 4 heteroatoms. The molecule has 0 aromatic carbocycles. The number of thioether (sulfide) groups is 1. The molecule has 1 atom stereocenters. The number of halogens is 1. The van der Waals surface area contributed by atoms with Crippen LogP contribution in [0.5, 0.6) is 0 Å². The molecule has 0 spiro atoms. The molecule has 0 fully saturated rings. The summed E-state index contributed by atoms with van der Waals surface area (Å²) in [5, 5.41) is 4.58. The van der Waals surface area contributed by atoms with Crippen LogP contribution in [0, 0.1) is 5.92 Å². The van der Waals surface area contributed by atoms with E-state index in [0.717, 1.165) is 21.8 Å². The number of aromatic nitrogens is 1. The Bertz CT molecular complexity index is 318. The largest absolute Gasteiger partial charge is 0.313 e. The smallest absolute Gasteiger partial charge is 0.110 e. The highest BCUT2D eigenvalue weighted by Crippen LogP contribution is 2.23. The fourth-order valence-electron chi connectivity index (χ4n) is 1.15. The zero-order chi connectivity index (χ0) is 12.0. The topological polar surface area (TPSA) is 24.9 Å². The molecule has 0 saturated carbocycles. The van der Waals surface area contributed by atoms with E-state index in [0.29, 0.717) is 12.0 Å². The number of rotatable bonds is 6. The lowest BCUT2D eigenvalue weighted by Crippen LogP contribution is -2.32. The van der Waals surface area contributed by atoms with E-state index in [1.54, 1.807) is 11.8 Å². The number of pyridine rings is 1. The first-order valence-electron chi connectivity index (χ1n) is 5.58. The first-order chi connectivity index (χ1) is 7.61. The van der Waals surface area contributed by atoms with Gasteiger partial charge >= 0.3 is 0 Å². The molecule has 1 aromatic rings. The summed E-state index contributed by atoms with van der Waals surface area (Å²) in [6, 6.07) is 4.54. The van der Waals surface area contributed by atoms with Crippen molar-refractivity contribution >= 4 is 27.7 Å². The maximum Gasteiger partial charge on any atom is 0.110 e. The first kappa shape index (κ1) is 14.0. The third-order valence-corrected chi connectivity index (χ3v) is 4.44. The molecule has 0 aliphatic heterocycles. The quantitative estimate of drug-likeness (QED) is 0.642. The molecule has 1 unspecified atom stereocenters. The van der Waals surface area contributed by atoms with Crippen LogP contribution in [-0.4, -0.2) is 23.3 Å². The molecule has 1 rings (SSSR count). The zero-order valence-corrected chi connectivity index (χ0v) is 12.4. The van der Waals surface area contributed by atoms with Crippen LogP contribution in [-0.2, 0) is 0 Å². The Balaban J connectivity index is 2.24. The zero-order valence-electron chi connectivity index (χ0n) is 10.0. The van der Waals surface area contributed by atoms with Crippen LogP contribution in [0.1, 0.15) is 20.8 Å². The molecule has 90 valence electrons. The lowest BCUT2D eigenvalue weighted by molar-refractivity contribution is 0.438. The Morgan fingerprint density at radius 3 is 2.81 bits per heavy atom. The van der Waals surface area contributed by atoms with E-state index < -0.39 is 0 Å². The predicted molar refractivity (Wildman–Crippen MR) is 75.0 cm³/mol. The number of hydrogen-bond donors (Lipinski definition) is 1. The SMILES string of the molecule is CC(C)C(C)NCCSc1ncccc1Br. The van der Waals surface area contributed by atoms with Gasteiger partial charge in [-0.05, 0) is 40.9 Å². The van der Waals surface area contributed by atoms with Gasteiger partial charge in [0.1, 0.15) is 5.03 Å². The van der Waals surface area contributed by atoms with Gasteiger partial charge in [-0.1, -0.05) is 13.8 Å². The molecule has 0 aliphatic rings. The molecule has 0 saturated heterocycles. The fraction of sp³-hybridized carbons (Fsp3) is 0.583. The first-order valence-corrected chi connectivity index (χ1v) is 7.36. The Morgan fingerprint density at radius 1 is 1.44 bits per heavy atom. The lowest BCUT2D eigenvalue weighted by atomic mass is 10.1. The predicted octanol–water partition coefficient (Wildman–Crippen LogP) is 3.57. The average Bonchev–Trinajstić information content (AvgIpc) is 2.26. The number of nitrogens with one attached hydrogen (secondary N) is 1. The van der Waals surface area contributed by atoms with Crippen molar-refractivity contribution in [2.75, 3.05) is 12.3 Å². The monoisotopic (exact) mass is 302 g/mol. The minimum atomic E-state index is 0.577. The molecule has 1 heterocycles. The number of nitrogens with zero attached hydrogens (tertiary/aromatic N) is 1. The third-order valence-electron chi connectivity index (χ3n) is 2.53. The highest BCUT2D eigenvalue weighted by molar-refractivity contribution is 9.10. The second-order valence-corrected chi connectivity index (χ2v) is 6.06. The Labute approximate surface area is 111 Å². The summed E-state index contributed by atoms with van der Waals surface area (Å²) in [5.41, 5.74) is 0. The van der Waals surface area contributed by atoms with Gasteiger partial charge < -0.3 is 5.32 Å². The van der Waals surface area contributed by atoms with Gasteiger partial charge in [0, 0.05) is 29.0 Å². The number of hydrogen-bond acceptors (Lipinski definition) is 3. The normalized spacial score (nSPS) is 13.1. The van der Waals surface area contributed by atoms with Crippen LogP contribution >= 0.6 is 27.7 Å². The van der Waals surface area contributed by atoms with Gasteiger partial charge in [-0.15, -0.1) is 11.8 Å². The van der Waals surface area contributed by atoms with Crippen LogP contribution in [0.3, 0.4) is 0 Å². The molecular formula is C12H19BrN2S. The van der Waals surface area contributed by atoms with E-state index in [-0.39, 0.29) is 0 Å². The summed E-state index contributed by atoms with van der Waals surface area (Å²) in [7, 11) is 0. The van der Waals surface area contributed by atoms with Crippen LogP contribution < -0.4 is 5.32 Å². The van der Waals surface area contributed by atoms with Gasteiger partial charge in [-0.2, -0.15) is 0 Å². The van der Waals surface area contributed by atoms with Gasteiger partial charge in [-0.3, -0.25) is 0 Å². The van der Waals surface area contributed by atoms with Gasteiger partial charge in [-0.25, -0.2) is 4.98 Å². The summed E-state index contributed by atoms with van der Waals surface area (Å²) in [5.74, 6) is 1.73. The Morgan fingerprint density at radius 2 is 2.19 bits per heavy atom. The maximum atomic E-state index is 4.32. The Hall–Kier alpha value is -0.0600. The highest BCUT2D eigenvalue weighted by Gasteiger charge is 2.05. The molecule has 2 nitrogen and oxygen atoms in total. The second kappa shape index (κ2) is 7.30. The van der Waals surface area contributed by atoms with Gasteiger partial charge in [0.2, 0.25) is 0 Å². The average molecular weight is 303 g/mol. The molecule has 16 heavy (non-hydrogen) atoms. The van der Waals surface area contributed by atoms with Crippen molar-refractivity contribution in [3.63, 3.8) is 0 Å². The summed E-state index contributed by atoms with van der Waals surface area (Å²) < 4.78 is 1.08. The van der Waals surface area contributed by atoms with Crippen molar-refractivity contribution in [1.29, 1.82) is 0 Å². The minimum Gasteiger partial charge on any atom is -0.313 e. The van der Waals surface area contributed by atoms with E-state index in [2.05, 4.69) is 47.0 Å². The van der Waals surface area contributed by atoms with E-state index in [4.69, 9.17) is 0 Å². The Kier molecular flexibility index (Phi) is 6.39. The van der Waals surface area contributed by atoms with E-state index >= 15 is 0 Å². The lowest BCUT2D eigenvalue weighted by Gasteiger charge is -2.17. The van der Waals surface area contributed by atoms with E-state index in [1.165, 1.54) is 0 Å². The van der Waals surface area contributed by atoms with Gasteiger partial charge in [0.15, 0.2) is 0 Å². The maximum absolute atomic E-state index is 4.32. The van der Waals surface area contributed by atoms with Crippen molar-refractivity contribution in [3.05, 3.63) is 22.8 Å². The van der Waals surface area contributed by atoms with Gasteiger partial charge in [0.05, 0.1) is 0 Å². The minimum absolute atomic E-state index is 0.577. The molecule has 0 aliphatic carbocycles. The van der Waals surface area contributed by atoms with Crippen molar-refractivity contribution in [2.24, 2.45) is 5.92 Å². The standard InChI is InChI=1S/C12H19BrN2S/c1-9(2)10(3)14-7-8-16-12-11(13)5-4-6-15-12/h4-6,9-10,14H,7-8H2,1-3H3. The summed E-state index contributed by atoms with van der Waals surface area (Å²) in [4.78, 5) is 4.32. The third kappa shape index (κ3) is 4.85. The van der Waals surface area contributed by atoms with Crippen molar-refractivity contribution in [2.45, 2.75) is 31.8 Å². The molecule has 1 N–H and O–H groups in total. The van der Waals surface area contributed by atoms with Crippen molar-refractivity contribution < 1.29 is 0 Å². The van der Waals surface area contributed by atoms with Crippen LogP contribution in [0.2, 0.25) is 0 Å². The molecular weight excluding hydrogens is 284 g/mol.